The molecule has 0 atom stereocenters. The van der Waals surface area contributed by atoms with Crippen molar-refractivity contribution in [3.63, 3.8) is 0 Å². The number of aromatic nitrogens is 4. The minimum absolute atomic E-state index is 0.0643. The van der Waals surface area contributed by atoms with Gasteiger partial charge >= 0.3 is 5.69 Å². The molecule has 90 valence electrons. The van der Waals surface area contributed by atoms with E-state index in [9.17, 15) is 10.1 Å². The molecule has 0 aliphatic carbocycles. The van der Waals surface area contributed by atoms with Crippen LogP contribution in [0.5, 0.6) is 0 Å². The maximum absolute atomic E-state index is 10.9. The number of nitro groups is 1. The van der Waals surface area contributed by atoms with Gasteiger partial charge in [0.05, 0.1) is 20.8 Å². The van der Waals surface area contributed by atoms with E-state index >= 15 is 0 Å². The third-order valence-electron chi connectivity index (χ3n) is 2.39. The highest BCUT2D eigenvalue weighted by atomic mass is 79.9. The number of aryl methyl sites for hydroxylation is 2. The zero-order valence-corrected chi connectivity index (χ0v) is 11.1. The first kappa shape index (κ1) is 11.8. The van der Waals surface area contributed by atoms with Crippen LogP contribution in [0.2, 0.25) is 0 Å². The van der Waals surface area contributed by atoms with Gasteiger partial charge in [0.25, 0.3) is 5.82 Å². The highest BCUT2D eigenvalue weighted by molar-refractivity contribution is 9.10. The molecule has 2 aromatic heterocycles. The summed E-state index contributed by atoms with van der Waals surface area (Å²) in [5.41, 5.74) is 1.48. The molecule has 17 heavy (non-hydrogen) atoms. The minimum Gasteiger partial charge on any atom is -0.266 e. The second-order valence-electron chi connectivity index (χ2n) is 3.67. The Bertz CT molecular complexity index is 601. The molecule has 0 bridgehead atoms. The molecule has 0 saturated carbocycles. The average Bonchev–Trinajstić information content (AvgIpc) is 2.75. The van der Waals surface area contributed by atoms with Gasteiger partial charge in [-0.25, -0.2) is 4.68 Å². The van der Waals surface area contributed by atoms with Crippen molar-refractivity contribution in [1.82, 2.24) is 19.6 Å². The van der Waals surface area contributed by atoms with Crippen LogP contribution in [-0.2, 0) is 7.05 Å². The molecule has 0 unspecified atom stereocenters. The van der Waals surface area contributed by atoms with Gasteiger partial charge in [-0.05, 0) is 29.8 Å². The second kappa shape index (κ2) is 3.95. The highest BCUT2D eigenvalue weighted by Crippen LogP contribution is 2.26. The molecule has 0 aliphatic rings. The van der Waals surface area contributed by atoms with Gasteiger partial charge in [-0.1, -0.05) is 0 Å². The molecule has 7 nitrogen and oxygen atoms in total. The van der Waals surface area contributed by atoms with Crippen molar-refractivity contribution in [3.8, 4) is 5.82 Å². The predicted octanol–water partition coefficient (Wildman–Crippen LogP) is 1.89. The Balaban J connectivity index is 2.68. The zero-order chi connectivity index (χ0) is 12.7. The Hall–Kier alpha value is -1.70. The second-order valence-corrected chi connectivity index (χ2v) is 4.46. The van der Waals surface area contributed by atoms with Gasteiger partial charge in [-0.2, -0.15) is 5.10 Å². The Labute approximate surface area is 105 Å². The summed E-state index contributed by atoms with van der Waals surface area (Å²) in [5, 5.41) is 19.2. The molecule has 0 amide bonds. The van der Waals surface area contributed by atoms with Gasteiger partial charge in [-0.3, -0.25) is 14.8 Å². The fourth-order valence-corrected chi connectivity index (χ4v) is 1.82. The van der Waals surface area contributed by atoms with E-state index in [1.807, 2.05) is 13.8 Å². The van der Waals surface area contributed by atoms with Crippen LogP contribution in [0.3, 0.4) is 0 Å². The van der Waals surface area contributed by atoms with Crippen molar-refractivity contribution in [1.29, 1.82) is 0 Å². The fourth-order valence-electron chi connectivity index (χ4n) is 1.57. The molecule has 2 rings (SSSR count). The smallest absolute Gasteiger partial charge is 0.266 e. The zero-order valence-electron chi connectivity index (χ0n) is 9.51. The molecule has 0 N–H and O–H groups in total. The van der Waals surface area contributed by atoms with E-state index in [4.69, 9.17) is 0 Å². The number of hydrogen-bond acceptors (Lipinski definition) is 4. The summed E-state index contributed by atoms with van der Waals surface area (Å²) >= 11 is 3.38. The molecular weight excluding hydrogens is 290 g/mol. The van der Waals surface area contributed by atoms with Crippen molar-refractivity contribution in [3.05, 3.63) is 32.2 Å². The number of hydrogen-bond donors (Lipinski definition) is 0. The van der Waals surface area contributed by atoms with Gasteiger partial charge in [0.1, 0.15) is 6.20 Å². The summed E-state index contributed by atoms with van der Waals surface area (Å²) in [7, 11) is 1.64. The Morgan fingerprint density at radius 2 is 2.06 bits per heavy atom. The SMILES string of the molecule is Cc1nn(-c2nn(C)cc2[N+](=O)[O-])c(C)c1Br. The molecular formula is C9H10BrN5O2. The monoisotopic (exact) mass is 299 g/mol. The van der Waals surface area contributed by atoms with E-state index in [-0.39, 0.29) is 11.5 Å². The molecule has 8 heteroatoms. The highest BCUT2D eigenvalue weighted by Gasteiger charge is 2.23. The molecule has 2 aromatic rings. The molecule has 0 aliphatic heterocycles. The lowest BCUT2D eigenvalue weighted by Gasteiger charge is -1.98. The van der Waals surface area contributed by atoms with Crippen LogP contribution in [-0.4, -0.2) is 24.5 Å². The van der Waals surface area contributed by atoms with Crippen LogP contribution in [0.15, 0.2) is 10.7 Å². The Morgan fingerprint density at radius 1 is 1.41 bits per heavy atom. The standard InChI is InChI=1S/C9H10BrN5O2/c1-5-8(10)6(2)14(11-5)9-7(15(16)17)4-13(3)12-9/h4H,1-3H3. The van der Waals surface area contributed by atoms with Crippen LogP contribution in [0.4, 0.5) is 5.69 Å². The maximum atomic E-state index is 10.9. The average molecular weight is 300 g/mol. The third kappa shape index (κ3) is 1.84. The van der Waals surface area contributed by atoms with Crippen LogP contribution in [0.25, 0.3) is 5.82 Å². The fraction of sp³-hybridized carbons (Fsp3) is 0.333. The van der Waals surface area contributed by atoms with E-state index < -0.39 is 4.92 Å². The van der Waals surface area contributed by atoms with Crippen LogP contribution in [0, 0.1) is 24.0 Å². The van der Waals surface area contributed by atoms with Crippen molar-refractivity contribution in [2.75, 3.05) is 0 Å². The van der Waals surface area contributed by atoms with Gasteiger partial charge < -0.3 is 0 Å². The summed E-state index contributed by atoms with van der Waals surface area (Å²) in [6.07, 6.45) is 1.36. The predicted molar refractivity (Wildman–Crippen MR) is 64.2 cm³/mol. The topological polar surface area (TPSA) is 78.8 Å². The summed E-state index contributed by atoms with van der Waals surface area (Å²) in [4.78, 5) is 10.4. The van der Waals surface area contributed by atoms with Gasteiger partial charge in [0.2, 0.25) is 0 Å². The van der Waals surface area contributed by atoms with Gasteiger partial charge in [-0.15, -0.1) is 5.10 Å². The normalized spacial score (nSPS) is 10.8. The first-order valence-corrected chi connectivity index (χ1v) is 5.61. The summed E-state index contributed by atoms with van der Waals surface area (Å²) < 4.78 is 3.70. The summed E-state index contributed by atoms with van der Waals surface area (Å²) in [6, 6.07) is 0. The number of nitrogens with zero attached hydrogens (tertiary/aromatic N) is 5. The summed E-state index contributed by atoms with van der Waals surface area (Å²) in [5.74, 6) is 0.226. The first-order chi connectivity index (χ1) is 7.91. The van der Waals surface area contributed by atoms with Crippen LogP contribution < -0.4 is 0 Å². The van der Waals surface area contributed by atoms with Crippen molar-refractivity contribution >= 4 is 21.6 Å². The van der Waals surface area contributed by atoms with E-state index in [1.165, 1.54) is 15.6 Å². The molecule has 0 spiro atoms. The molecule has 0 radical (unpaired) electrons. The quantitative estimate of drug-likeness (QED) is 0.626. The summed E-state index contributed by atoms with van der Waals surface area (Å²) in [6.45, 7) is 3.64. The lowest BCUT2D eigenvalue weighted by molar-refractivity contribution is -0.384. The lowest BCUT2D eigenvalue weighted by atomic mass is 10.4. The largest absolute Gasteiger partial charge is 0.333 e. The molecule has 0 saturated heterocycles. The third-order valence-corrected chi connectivity index (χ3v) is 3.54. The number of rotatable bonds is 2. The number of halogens is 1. The van der Waals surface area contributed by atoms with E-state index in [0.29, 0.717) is 0 Å². The van der Waals surface area contributed by atoms with Crippen molar-refractivity contribution in [2.24, 2.45) is 7.05 Å². The van der Waals surface area contributed by atoms with Crippen molar-refractivity contribution in [2.45, 2.75) is 13.8 Å². The van der Waals surface area contributed by atoms with E-state index in [2.05, 4.69) is 26.1 Å². The molecule has 0 aromatic carbocycles. The first-order valence-electron chi connectivity index (χ1n) is 4.82. The van der Waals surface area contributed by atoms with Crippen molar-refractivity contribution < 1.29 is 4.92 Å². The van der Waals surface area contributed by atoms with Gasteiger partial charge in [0.15, 0.2) is 0 Å². The maximum Gasteiger partial charge on any atom is 0.333 e. The van der Waals surface area contributed by atoms with Gasteiger partial charge in [0, 0.05) is 7.05 Å². The lowest BCUT2D eigenvalue weighted by Crippen LogP contribution is -2.03. The van der Waals surface area contributed by atoms with E-state index in [1.54, 1.807) is 7.05 Å². The molecule has 0 fully saturated rings. The minimum atomic E-state index is -0.466. The molecule has 2 heterocycles. The van der Waals surface area contributed by atoms with E-state index in [0.717, 1.165) is 15.9 Å². The Kier molecular flexibility index (Phi) is 2.74. The van der Waals surface area contributed by atoms with Crippen LogP contribution in [0.1, 0.15) is 11.4 Å². The Morgan fingerprint density at radius 3 is 2.53 bits per heavy atom. The van der Waals surface area contributed by atoms with Crippen LogP contribution >= 0.6 is 15.9 Å².